The molecule has 1 unspecified atom stereocenters. The Morgan fingerprint density at radius 2 is 1.14 bits per heavy atom. The van der Waals surface area contributed by atoms with E-state index in [1.54, 1.807) is 13.0 Å². The fraction of sp³-hybridized carbons (Fsp3) is 0.629. The second-order valence-electron chi connectivity index (χ2n) is 12.5. The number of aliphatic hydroxyl groups is 1. The molecule has 3 rings (SSSR count). The van der Waals surface area contributed by atoms with Crippen LogP contribution in [0.1, 0.15) is 54.0 Å². The summed E-state index contributed by atoms with van der Waals surface area (Å²) in [7, 11) is 0. The summed E-state index contributed by atoms with van der Waals surface area (Å²) in [5.41, 5.74) is 0.599. The van der Waals surface area contributed by atoms with Gasteiger partial charge in [-0.1, -0.05) is 11.6 Å². The van der Waals surface area contributed by atoms with Crippen LogP contribution in [-0.4, -0.2) is 134 Å². The van der Waals surface area contributed by atoms with Gasteiger partial charge in [-0.2, -0.15) is 0 Å². The van der Waals surface area contributed by atoms with Crippen LogP contribution in [-0.2, 0) is 85.7 Å². The molecule has 2 aliphatic rings. The first kappa shape index (κ1) is 45.8. The lowest BCUT2D eigenvalue weighted by molar-refractivity contribution is -0.369. The molecule has 2 saturated heterocycles. The van der Waals surface area contributed by atoms with Gasteiger partial charge >= 0.3 is 41.8 Å². The molecule has 2 aliphatic heterocycles. The fourth-order valence-electron chi connectivity index (χ4n) is 5.70. The molecule has 0 amide bonds. The summed E-state index contributed by atoms with van der Waals surface area (Å²) in [5.74, 6) is -5.99. The fourth-order valence-corrected chi connectivity index (χ4v) is 5.92. The van der Waals surface area contributed by atoms with E-state index in [1.165, 1.54) is 19.1 Å². The quantitative estimate of drug-likeness (QED) is 0.139. The van der Waals surface area contributed by atoms with E-state index in [0.29, 0.717) is 16.3 Å². The van der Waals surface area contributed by atoms with Crippen molar-refractivity contribution in [2.45, 2.75) is 123 Å². The second-order valence-corrected chi connectivity index (χ2v) is 12.9. The number of hydrogen-bond donors (Lipinski definition) is 1. The lowest BCUT2D eigenvalue weighted by Gasteiger charge is -2.48. The molecule has 2 fully saturated rings. The maximum absolute atomic E-state index is 13.1. The van der Waals surface area contributed by atoms with Gasteiger partial charge in [-0.05, 0) is 37.6 Å². The number of hydrogen-bond acceptors (Lipinski definition) is 20. The van der Waals surface area contributed by atoms with Crippen molar-refractivity contribution in [3.05, 3.63) is 28.8 Å². The van der Waals surface area contributed by atoms with Crippen LogP contribution in [0.25, 0.3) is 0 Å². The first-order valence-electron chi connectivity index (χ1n) is 17.1. The lowest BCUT2D eigenvalue weighted by Crippen LogP contribution is -2.67. The smallest absolute Gasteiger partial charge is 0.346 e. The number of ether oxygens (including phenoxy) is 12. The molecule has 0 spiro atoms. The zero-order valence-corrected chi connectivity index (χ0v) is 32.5. The van der Waals surface area contributed by atoms with Gasteiger partial charge < -0.3 is 61.9 Å². The number of carbonyl (C=O) groups is 7. The van der Waals surface area contributed by atoms with E-state index in [-0.39, 0.29) is 0 Å². The zero-order valence-electron chi connectivity index (χ0n) is 31.8. The molecule has 1 aromatic rings. The summed E-state index contributed by atoms with van der Waals surface area (Å²) in [5, 5.41) is 10.8. The Labute approximate surface area is 326 Å². The van der Waals surface area contributed by atoms with Crippen molar-refractivity contribution in [3.63, 3.8) is 0 Å². The van der Waals surface area contributed by atoms with Gasteiger partial charge in [0.1, 0.15) is 37.3 Å². The topological polar surface area (TPSA) is 250 Å². The van der Waals surface area contributed by atoms with E-state index in [2.05, 4.69) is 0 Å². The Bertz CT molecular complexity index is 1580. The lowest BCUT2D eigenvalue weighted by atomic mass is 9.96. The molecule has 20 nitrogen and oxygen atoms in total. The number of halogens is 1. The Hall–Kier alpha value is -4.60. The third-order valence-corrected chi connectivity index (χ3v) is 7.90. The van der Waals surface area contributed by atoms with Crippen LogP contribution in [0.5, 0.6) is 5.75 Å². The molecule has 1 aromatic carbocycles. The van der Waals surface area contributed by atoms with Crippen molar-refractivity contribution in [2.24, 2.45) is 0 Å². The van der Waals surface area contributed by atoms with E-state index in [0.717, 1.165) is 41.5 Å². The second kappa shape index (κ2) is 21.1. The first-order valence-corrected chi connectivity index (χ1v) is 17.5. The highest BCUT2D eigenvalue weighted by molar-refractivity contribution is 6.30. The monoisotopic (exact) mass is 820 g/mol. The highest BCUT2D eigenvalue weighted by atomic mass is 35.5. The van der Waals surface area contributed by atoms with Crippen molar-refractivity contribution in [1.82, 2.24) is 0 Å². The third kappa shape index (κ3) is 13.9. The van der Waals surface area contributed by atoms with Gasteiger partial charge in [-0.3, -0.25) is 28.8 Å². The Morgan fingerprint density at radius 1 is 0.661 bits per heavy atom. The standard InChI is InChI=1S/C35H45ClO20/c1-15-11-23(36)9-10-24(15)47-14-27(44)55-34-32(51-21(7)42)31(50-20(6)41)29(26(53-34)13-46-17(3)38)56-35-33(52-22(8)43)30(49-19(5)40)28(48-18(4)39)25(54-35)12-45-16(2)37/h9-11,22,25-26,28-35,43H,12-14H2,1-8H3/t22?,25-,26-,28+,29-,30+,31+,32-,33-,34+,35+/m1/s1. The Balaban J connectivity index is 2.10. The maximum atomic E-state index is 13.1. The summed E-state index contributed by atoms with van der Waals surface area (Å²) in [6.45, 7) is 7.21. The number of aliphatic hydroxyl groups excluding tert-OH is 1. The Morgan fingerprint density at radius 3 is 1.64 bits per heavy atom. The van der Waals surface area contributed by atoms with Gasteiger partial charge in [0.15, 0.2) is 43.6 Å². The van der Waals surface area contributed by atoms with Crippen molar-refractivity contribution < 1.29 is 95.5 Å². The average Bonchev–Trinajstić information content (AvgIpc) is 3.06. The van der Waals surface area contributed by atoms with Crippen LogP contribution in [0.2, 0.25) is 5.02 Å². The SMILES string of the molecule is CC(=O)OC[C@H]1O[C@@H](O[C@H]2[C@H](OC(C)=O)[C@@H](OC(C)=O)[C@H](OC(=O)COc3ccc(Cl)cc3C)O[C@@H]2COC(C)=O)[C@H](OC(C)O)[C@@H](OC(C)=O)[C@H]1OC(C)=O. The van der Waals surface area contributed by atoms with Gasteiger partial charge in [0, 0.05) is 46.6 Å². The Kier molecular flexibility index (Phi) is 17.2. The predicted molar refractivity (Wildman–Crippen MR) is 182 cm³/mol. The average molecular weight is 821 g/mol. The van der Waals surface area contributed by atoms with Crippen LogP contribution in [0.3, 0.4) is 0 Å². The van der Waals surface area contributed by atoms with Gasteiger partial charge in [-0.15, -0.1) is 0 Å². The van der Waals surface area contributed by atoms with Crippen LogP contribution in [0.15, 0.2) is 18.2 Å². The molecule has 0 bridgehead atoms. The highest BCUT2D eigenvalue weighted by Gasteiger charge is 2.57. The number of rotatable bonds is 16. The summed E-state index contributed by atoms with van der Waals surface area (Å²) in [4.78, 5) is 86.6. The molecule has 11 atom stereocenters. The molecular weight excluding hydrogens is 776 g/mol. The van der Waals surface area contributed by atoms with Crippen molar-refractivity contribution >= 4 is 53.4 Å². The molecular formula is C35H45ClO20. The first-order chi connectivity index (χ1) is 26.2. The normalized spacial score (nSPS) is 27.8. The van der Waals surface area contributed by atoms with Gasteiger partial charge in [0.05, 0.1) is 0 Å². The van der Waals surface area contributed by atoms with E-state index < -0.39 is 129 Å². The summed E-state index contributed by atoms with van der Waals surface area (Å²) in [6.07, 6.45) is -18.2. The zero-order chi connectivity index (χ0) is 41.9. The van der Waals surface area contributed by atoms with Crippen LogP contribution in [0.4, 0.5) is 0 Å². The largest absolute Gasteiger partial charge is 0.482 e. The molecule has 0 saturated carbocycles. The van der Waals surface area contributed by atoms with Crippen LogP contribution < -0.4 is 4.74 Å². The maximum Gasteiger partial charge on any atom is 0.346 e. The molecule has 56 heavy (non-hydrogen) atoms. The predicted octanol–water partition coefficient (Wildman–Crippen LogP) is 0.982. The summed E-state index contributed by atoms with van der Waals surface area (Å²) in [6, 6.07) is 4.66. The minimum atomic E-state index is -1.85. The molecule has 1 N–H and O–H groups in total. The molecule has 312 valence electrons. The van der Waals surface area contributed by atoms with Crippen LogP contribution in [0, 0.1) is 6.92 Å². The van der Waals surface area contributed by atoms with Gasteiger partial charge in [0.25, 0.3) is 0 Å². The molecule has 0 aromatic heterocycles. The minimum absolute atomic E-state index is 0.294. The van der Waals surface area contributed by atoms with Crippen molar-refractivity contribution in [3.8, 4) is 5.75 Å². The number of carbonyl (C=O) groups excluding carboxylic acids is 7. The minimum Gasteiger partial charge on any atom is -0.482 e. The van der Waals surface area contributed by atoms with Crippen LogP contribution >= 0.6 is 11.6 Å². The van der Waals surface area contributed by atoms with E-state index in [1.807, 2.05) is 0 Å². The van der Waals surface area contributed by atoms with Gasteiger partial charge in [0.2, 0.25) is 12.4 Å². The highest BCUT2D eigenvalue weighted by Crippen LogP contribution is 2.36. The third-order valence-electron chi connectivity index (χ3n) is 7.67. The molecule has 2 heterocycles. The number of benzene rings is 1. The number of esters is 7. The number of aryl methyl sites for hydroxylation is 1. The molecule has 21 heteroatoms. The van der Waals surface area contributed by atoms with Crippen molar-refractivity contribution in [2.75, 3.05) is 19.8 Å². The van der Waals surface area contributed by atoms with Crippen molar-refractivity contribution in [1.29, 1.82) is 0 Å². The molecule has 0 radical (unpaired) electrons. The summed E-state index contributed by atoms with van der Waals surface area (Å²) >= 11 is 6.00. The summed E-state index contributed by atoms with van der Waals surface area (Å²) < 4.78 is 67.4. The van der Waals surface area contributed by atoms with Gasteiger partial charge in [-0.25, -0.2) is 4.79 Å². The molecule has 0 aliphatic carbocycles. The van der Waals surface area contributed by atoms with E-state index in [4.69, 9.17) is 68.4 Å². The van der Waals surface area contributed by atoms with E-state index >= 15 is 0 Å². The van der Waals surface area contributed by atoms with E-state index in [9.17, 15) is 38.7 Å².